The number of carbonyl (C=O) groups excluding carboxylic acids is 1. The molecule has 6 heteroatoms. The summed E-state index contributed by atoms with van der Waals surface area (Å²) < 4.78 is 11.8. The van der Waals surface area contributed by atoms with E-state index in [1.54, 1.807) is 0 Å². The minimum absolute atomic E-state index is 0.0221. The first-order valence-corrected chi connectivity index (χ1v) is 7.72. The first kappa shape index (κ1) is 15.1. The fourth-order valence-electron chi connectivity index (χ4n) is 1.83. The predicted molar refractivity (Wildman–Crippen MR) is 69.7 cm³/mol. The van der Waals surface area contributed by atoms with Crippen molar-refractivity contribution in [3.63, 3.8) is 0 Å². The van der Waals surface area contributed by atoms with E-state index in [0.29, 0.717) is 5.75 Å². The maximum Gasteiger partial charge on any atom is 0.303 e. The van der Waals surface area contributed by atoms with Crippen LogP contribution in [0.15, 0.2) is 0 Å². The molecular formula is C12H21NO4S. The van der Waals surface area contributed by atoms with Gasteiger partial charge in [-0.3, -0.25) is 13.8 Å². The van der Waals surface area contributed by atoms with Gasteiger partial charge in [0.2, 0.25) is 5.91 Å². The lowest BCUT2D eigenvalue weighted by Gasteiger charge is -2.13. The number of rotatable bonds is 8. The summed E-state index contributed by atoms with van der Waals surface area (Å²) in [7, 11) is -1.27. The molecule has 2 N–H and O–H groups in total. The van der Waals surface area contributed by atoms with Crippen LogP contribution in [-0.4, -0.2) is 38.7 Å². The van der Waals surface area contributed by atoms with Crippen LogP contribution in [0.1, 0.15) is 39.5 Å². The molecule has 1 aliphatic rings. The summed E-state index contributed by atoms with van der Waals surface area (Å²) in [4.78, 5) is 22.2. The molecule has 1 aliphatic carbocycles. The number of carboxylic acids is 1. The van der Waals surface area contributed by atoms with Gasteiger partial charge in [0.15, 0.2) is 0 Å². The summed E-state index contributed by atoms with van der Waals surface area (Å²) in [5.41, 5.74) is -0.312. The number of hydrogen-bond donors (Lipinski definition) is 2. The van der Waals surface area contributed by atoms with Gasteiger partial charge in [-0.25, -0.2) is 0 Å². The van der Waals surface area contributed by atoms with E-state index >= 15 is 0 Å². The second kappa shape index (κ2) is 6.31. The summed E-state index contributed by atoms with van der Waals surface area (Å²) in [5.74, 6) is -0.763. The van der Waals surface area contributed by atoms with Crippen LogP contribution in [-0.2, 0) is 20.4 Å². The number of aliphatic carboxylic acids is 1. The van der Waals surface area contributed by atoms with Gasteiger partial charge in [-0.05, 0) is 31.6 Å². The maximum atomic E-state index is 11.8. The lowest BCUT2D eigenvalue weighted by atomic mass is 10.1. The molecule has 0 spiro atoms. The summed E-state index contributed by atoms with van der Waals surface area (Å²) in [5, 5.41) is 11.5. The fraction of sp³-hybridized carbons (Fsp3) is 0.833. The van der Waals surface area contributed by atoms with Crippen molar-refractivity contribution < 1.29 is 18.9 Å². The molecule has 0 aromatic carbocycles. The Bertz CT molecular complexity index is 352. The predicted octanol–water partition coefficient (Wildman–Crippen LogP) is 0.905. The molecule has 0 aliphatic heterocycles. The summed E-state index contributed by atoms with van der Waals surface area (Å²) in [6, 6.07) is 0.0865. The van der Waals surface area contributed by atoms with Crippen LogP contribution in [0.4, 0.5) is 0 Å². The van der Waals surface area contributed by atoms with Crippen molar-refractivity contribution in [2.24, 2.45) is 5.41 Å². The van der Waals surface area contributed by atoms with Crippen LogP contribution in [0.5, 0.6) is 0 Å². The smallest absolute Gasteiger partial charge is 0.303 e. The molecular weight excluding hydrogens is 254 g/mol. The molecule has 0 radical (unpaired) electrons. The van der Waals surface area contributed by atoms with E-state index in [1.807, 2.05) is 13.8 Å². The monoisotopic (exact) mass is 275 g/mol. The summed E-state index contributed by atoms with van der Waals surface area (Å²) >= 11 is 0. The van der Waals surface area contributed by atoms with Gasteiger partial charge in [0, 0.05) is 22.6 Å². The fourth-order valence-corrected chi connectivity index (χ4v) is 3.38. The van der Waals surface area contributed by atoms with Crippen LogP contribution in [0.3, 0.4) is 0 Å². The van der Waals surface area contributed by atoms with Gasteiger partial charge in [0.05, 0.1) is 6.42 Å². The standard InChI is InChI=1S/C12H21NO4S/c1-3-9(2)13-10(14)7-18(17)8-12(4-5-12)6-11(15)16/h9H,3-8H2,1-2H3,(H,13,14)(H,15,16). The van der Waals surface area contributed by atoms with Crippen molar-refractivity contribution in [3.05, 3.63) is 0 Å². The quantitative estimate of drug-likeness (QED) is 0.689. The van der Waals surface area contributed by atoms with Crippen LogP contribution in [0.25, 0.3) is 0 Å². The van der Waals surface area contributed by atoms with Crippen molar-refractivity contribution in [1.29, 1.82) is 0 Å². The van der Waals surface area contributed by atoms with E-state index in [4.69, 9.17) is 5.11 Å². The van der Waals surface area contributed by atoms with Gasteiger partial charge >= 0.3 is 5.97 Å². The first-order valence-electron chi connectivity index (χ1n) is 6.23. The molecule has 2 atom stereocenters. The Labute approximate surface area is 110 Å². The molecule has 2 unspecified atom stereocenters. The van der Waals surface area contributed by atoms with Crippen LogP contribution >= 0.6 is 0 Å². The molecule has 104 valence electrons. The van der Waals surface area contributed by atoms with Crippen LogP contribution in [0.2, 0.25) is 0 Å². The molecule has 0 aromatic heterocycles. The van der Waals surface area contributed by atoms with Crippen LogP contribution < -0.4 is 5.32 Å². The molecule has 1 rings (SSSR count). The molecule has 5 nitrogen and oxygen atoms in total. The van der Waals surface area contributed by atoms with Gasteiger partial charge in [-0.15, -0.1) is 0 Å². The molecule has 0 bridgehead atoms. The Morgan fingerprint density at radius 1 is 1.44 bits per heavy atom. The van der Waals surface area contributed by atoms with E-state index in [1.165, 1.54) is 0 Å². The second-order valence-electron chi connectivity index (χ2n) is 5.18. The normalized spacial score (nSPS) is 19.9. The molecule has 1 fully saturated rings. The second-order valence-corrected chi connectivity index (χ2v) is 6.63. The number of carbonyl (C=O) groups is 2. The lowest BCUT2D eigenvalue weighted by Crippen LogP contribution is -2.36. The van der Waals surface area contributed by atoms with E-state index in [0.717, 1.165) is 19.3 Å². The van der Waals surface area contributed by atoms with E-state index in [2.05, 4.69) is 5.32 Å². The molecule has 18 heavy (non-hydrogen) atoms. The zero-order valence-corrected chi connectivity index (χ0v) is 11.7. The lowest BCUT2D eigenvalue weighted by molar-refractivity contribution is -0.138. The summed E-state index contributed by atoms with van der Waals surface area (Å²) in [6.07, 6.45) is 2.50. The average molecular weight is 275 g/mol. The number of carboxylic acid groups (broad SMARTS) is 1. The number of hydrogen-bond acceptors (Lipinski definition) is 3. The maximum absolute atomic E-state index is 11.8. The van der Waals surface area contributed by atoms with Crippen molar-refractivity contribution >= 4 is 22.7 Å². The van der Waals surface area contributed by atoms with Gasteiger partial charge < -0.3 is 10.4 Å². The Morgan fingerprint density at radius 3 is 2.50 bits per heavy atom. The molecule has 1 saturated carbocycles. The van der Waals surface area contributed by atoms with Crippen molar-refractivity contribution in [2.75, 3.05) is 11.5 Å². The Kier molecular flexibility index (Phi) is 5.31. The Morgan fingerprint density at radius 2 is 2.06 bits per heavy atom. The van der Waals surface area contributed by atoms with Crippen molar-refractivity contribution in [1.82, 2.24) is 5.32 Å². The molecule has 0 aromatic rings. The van der Waals surface area contributed by atoms with Gasteiger partial charge in [0.1, 0.15) is 5.75 Å². The zero-order valence-electron chi connectivity index (χ0n) is 10.9. The SMILES string of the molecule is CCC(C)NC(=O)CS(=O)CC1(CC(=O)O)CC1. The number of amides is 1. The zero-order chi connectivity index (χ0) is 13.8. The summed E-state index contributed by atoms with van der Waals surface area (Å²) in [6.45, 7) is 3.86. The third-order valence-electron chi connectivity index (χ3n) is 3.26. The van der Waals surface area contributed by atoms with E-state index < -0.39 is 16.8 Å². The first-order chi connectivity index (χ1) is 8.37. The molecule has 0 heterocycles. The minimum atomic E-state index is -1.27. The largest absolute Gasteiger partial charge is 0.481 e. The van der Waals surface area contributed by atoms with E-state index in [9.17, 15) is 13.8 Å². The van der Waals surface area contributed by atoms with Crippen molar-refractivity contribution in [2.45, 2.75) is 45.6 Å². The van der Waals surface area contributed by atoms with Crippen molar-refractivity contribution in [3.8, 4) is 0 Å². The molecule has 1 amide bonds. The Hall–Kier alpha value is -0.910. The highest BCUT2D eigenvalue weighted by molar-refractivity contribution is 7.85. The minimum Gasteiger partial charge on any atom is -0.481 e. The third kappa shape index (κ3) is 5.16. The highest BCUT2D eigenvalue weighted by Crippen LogP contribution is 2.49. The average Bonchev–Trinajstić information content (AvgIpc) is 2.95. The molecule has 0 saturated heterocycles. The van der Waals surface area contributed by atoms with Gasteiger partial charge in [-0.2, -0.15) is 0 Å². The van der Waals surface area contributed by atoms with Gasteiger partial charge in [0.25, 0.3) is 0 Å². The highest BCUT2D eigenvalue weighted by atomic mass is 32.2. The van der Waals surface area contributed by atoms with Gasteiger partial charge in [-0.1, -0.05) is 6.92 Å². The van der Waals surface area contributed by atoms with E-state index in [-0.39, 0.29) is 29.5 Å². The topological polar surface area (TPSA) is 83.5 Å². The third-order valence-corrected chi connectivity index (χ3v) is 4.78. The highest BCUT2D eigenvalue weighted by Gasteiger charge is 2.45. The Balaban J connectivity index is 2.33. The number of nitrogens with one attached hydrogen (secondary N) is 1. The van der Waals surface area contributed by atoms with Crippen LogP contribution in [0, 0.1) is 5.41 Å².